The van der Waals surface area contributed by atoms with Crippen LogP contribution >= 0.6 is 0 Å². The number of carbonyl (C=O) groups is 1. The van der Waals surface area contributed by atoms with E-state index in [2.05, 4.69) is 5.32 Å². The number of hydrogen-bond donors (Lipinski definition) is 1. The van der Waals surface area contributed by atoms with Gasteiger partial charge in [-0.2, -0.15) is 0 Å². The zero-order chi connectivity index (χ0) is 17.1. The van der Waals surface area contributed by atoms with Gasteiger partial charge in [-0.3, -0.25) is 4.79 Å². The molecule has 2 aromatic carbocycles. The van der Waals surface area contributed by atoms with E-state index in [0.29, 0.717) is 13.0 Å². The van der Waals surface area contributed by atoms with Crippen LogP contribution in [0.2, 0.25) is 0 Å². The first-order chi connectivity index (χ1) is 12.3. The summed E-state index contributed by atoms with van der Waals surface area (Å²) < 4.78 is 15.9. The summed E-state index contributed by atoms with van der Waals surface area (Å²) in [5, 5.41) is 2.84. The maximum Gasteiger partial charge on any atom is 0.231 e. The van der Waals surface area contributed by atoms with E-state index in [-0.39, 0.29) is 12.7 Å². The van der Waals surface area contributed by atoms with Gasteiger partial charge < -0.3 is 19.2 Å². The van der Waals surface area contributed by atoms with Gasteiger partial charge in [-0.15, -0.1) is 0 Å². The van der Waals surface area contributed by atoms with Crippen LogP contribution in [0.5, 0.6) is 11.5 Å². The molecule has 2 heterocycles. The highest BCUT2D eigenvalue weighted by molar-refractivity contribution is 5.79. The van der Waals surface area contributed by atoms with Crippen molar-refractivity contribution in [3.63, 3.8) is 0 Å². The fourth-order valence-corrected chi connectivity index (χ4v) is 2.74. The molecule has 5 heteroatoms. The summed E-state index contributed by atoms with van der Waals surface area (Å²) in [5.41, 5.74) is 3.08. The van der Waals surface area contributed by atoms with Gasteiger partial charge in [0, 0.05) is 0 Å². The predicted octanol–water partition coefficient (Wildman–Crippen LogP) is 3.53. The third-order valence-electron chi connectivity index (χ3n) is 4.06. The zero-order valence-electron chi connectivity index (χ0n) is 13.5. The average molecular weight is 335 g/mol. The number of fused-ring (bicyclic) bond motifs is 1. The maximum absolute atomic E-state index is 12.0. The second-order valence-corrected chi connectivity index (χ2v) is 5.80. The molecule has 0 unspecified atom stereocenters. The van der Waals surface area contributed by atoms with Crippen molar-refractivity contribution in [2.24, 2.45) is 0 Å². The monoisotopic (exact) mass is 335 g/mol. The van der Waals surface area contributed by atoms with Crippen molar-refractivity contribution >= 4 is 5.91 Å². The molecule has 1 aliphatic rings. The lowest BCUT2D eigenvalue weighted by molar-refractivity contribution is -0.120. The molecule has 1 aliphatic heterocycles. The Morgan fingerprint density at radius 3 is 2.56 bits per heavy atom. The molecule has 0 fully saturated rings. The van der Waals surface area contributed by atoms with Crippen molar-refractivity contribution in [1.82, 2.24) is 5.32 Å². The van der Waals surface area contributed by atoms with E-state index in [1.807, 2.05) is 48.5 Å². The van der Waals surface area contributed by atoms with Crippen molar-refractivity contribution in [3.8, 4) is 22.6 Å². The first-order valence-corrected chi connectivity index (χ1v) is 8.06. The molecule has 1 amide bonds. The van der Waals surface area contributed by atoms with E-state index in [0.717, 1.165) is 33.9 Å². The molecule has 0 saturated carbocycles. The van der Waals surface area contributed by atoms with Crippen LogP contribution in [0.3, 0.4) is 0 Å². The minimum Gasteiger partial charge on any atom is -0.467 e. The average Bonchev–Trinajstić information content (AvgIpc) is 3.31. The van der Waals surface area contributed by atoms with Gasteiger partial charge in [0.25, 0.3) is 0 Å². The van der Waals surface area contributed by atoms with E-state index >= 15 is 0 Å². The summed E-state index contributed by atoms with van der Waals surface area (Å²) in [6, 6.07) is 17.5. The van der Waals surface area contributed by atoms with Crippen molar-refractivity contribution < 1.29 is 18.7 Å². The Hall–Kier alpha value is -3.21. The molecular formula is C20H17NO4. The number of rotatable bonds is 5. The lowest BCUT2D eigenvalue weighted by Crippen LogP contribution is -2.24. The van der Waals surface area contributed by atoms with E-state index in [1.165, 1.54) is 0 Å². The Kier molecular flexibility index (Phi) is 4.12. The van der Waals surface area contributed by atoms with Crippen LogP contribution in [0.4, 0.5) is 0 Å². The smallest absolute Gasteiger partial charge is 0.231 e. The van der Waals surface area contributed by atoms with Crippen molar-refractivity contribution in [2.45, 2.75) is 13.0 Å². The number of ether oxygens (including phenoxy) is 2. The van der Waals surface area contributed by atoms with E-state index in [4.69, 9.17) is 13.9 Å². The van der Waals surface area contributed by atoms with Gasteiger partial charge in [0.1, 0.15) is 5.76 Å². The highest BCUT2D eigenvalue weighted by atomic mass is 16.7. The van der Waals surface area contributed by atoms with Gasteiger partial charge in [0.2, 0.25) is 12.7 Å². The number of hydrogen-bond acceptors (Lipinski definition) is 4. The summed E-state index contributed by atoms with van der Waals surface area (Å²) in [5.74, 6) is 2.24. The summed E-state index contributed by atoms with van der Waals surface area (Å²) in [7, 11) is 0. The highest BCUT2D eigenvalue weighted by Crippen LogP contribution is 2.35. The topological polar surface area (TPSA) is 60.7 Å². The third-order valence-corrected chi connectivity index (χ3v) is 4.06. The van der Waals surface area contributed by atoms with Gasteiger partial charge >= 0.3 is 0 Å². The first-order valence-electron chi connectivity index (χ1n) is 8.06. The lowest BCUT2D eigenvalue weighted by Gasteiger charge is -2.06. The number of carbonyl (C=O) groups excluding carboxylic acids is 1. The molecule has 126 valence electrons. The quantitative estimate of drug-likeness (QED) is 0.775. The van der Waals surface area contributed by atoms with Gasteiger partial charge in [-0.25, -0.2) is 0 Å². The van der Waals surface area contributed by atoms with Crippen LogP contribution in [0.25, 0.3) is 11.1 Å². The second-order valence-electron chi connectivity index (χ2n) is 5.80. The minimum absolute atomic E-state index is 0.0350. The fraction of sp³-hybridized carbons (Fsp3) is 0.150. The van der Waals surface area contributed by atoms with Gasteiger partial charge in [-0.05, 0) is 41.0 Å². The van der Waals surface area contributed by atoms with Crippen LogP contribution in [0.15, 0.2) is 65.3 Å². The number of benzene rings is 2. The highest BCUT2D eigenvalue weighted by Gasteiger charge is 2.13. The van der Waals surface area contributed by atoms with E-state index in [9.17, 15) is 4.79 Å². The van der Waals surface area contributed by atoms with E-state index < -0.39 is 0 Å². The van der Waals surface area contributed by atoms with Crippen molar-refractivity contribution in [1.29, 1.82) is 0 Å². The molecule has 0 bridgehead atoms. The Morgan fingerprint density at radius 2 is 1.76 bits per heavy atom. The fourth-order valence-electron chi connectivity index (χ4n) is 2.74. The molecule has 0 radical (unpaired) electrons. The molecule has 0 atom stereocenters. The predicted molar refractivity (Wildman–Crippen MR) is 92.3 cm³/mol. The van der Waals surface area contributed by atoms with Crippen LogP contribution in [-0.4, -0.2) is 12.7 Å². The Morgan fingerprint density at radius 1 is 0.960 bits per heavy atom. The molecule has 25 heavy (non-hydrogen) atoms. The lowest BCUT2D eigenvalue weighted by atomic mass is 10.0. The first kappa shape index (κ1) is 15.3. The standard InChI is InChI=1S/C20H17NO4/c22-20(21-12-17-2-1-9-23-17)10-14-3-5-15(6-4-14)16-7-8-18-19(11-16)25-13-24-18/h1-9,11H,10,12-13H2,(H,21,22). The van der Waals surface area contributed by atoms with Crippen LogP contribution < -0.4 is 14.8 Å². The molecule has 0 aliphatic carbocycles. The Bertz CT molecular complexity index is 869. The van der Waals surface area contributed by atoms with Crippen molar-refractivity contribution in [2.75, 3.05) is 6.79 Å². The number of nitrogens with one attached hydrogen (secondary N) is 1. The summed E-state index contributed by atoms with van der Waals surface area (Å²) in [6.45, 7) is 0.673. The molecule has 1 N–H and O–H groups in total. The van der Waals surface area contributed by atoms with Gasteiger partial charge in [-0.1, -0.05) is 30.3 Å². The summed E-state index contributed by atoms with van der Waals surface area (Å²) >= 11 is 0. The SMILES string of the molecule is O=C(Cc1ccc(-c2ccc3c(c2)OCO3)cc1)NCc1ccco1. The van der Waals surface area contributed by atoms with Gasteiger partial charge in [0.05, 0.1) is 19.2 Å². The molecule has 1 aromatic heterocycles. The molecule has 0 saturated heterocycles. The molecular weight excluding hydrogens is 318 g/mol. The zero-order valence-corrected chi connectivity index (χ0v) is 13.5. The molecule has 5 nitrogen and oxygen atoms in total. The Balaban J connectivity index is 1.39. The largest absolute Gasteiger partial charge is 0.467 e. The normalized spacial score (nSPS) is 12.2. The second kappa shape index (κ2) is 6.73. The number of amides is 1. The number of furan rings is 1. The van der Waals surface area contributed by atoms with E-state index in [1.54, 1.807) is 12.3 Å². The molecule has 0 spiro atoms. The molecule has 4 rings (SSSR count). The minimum atomic E-state index is -0.0350. The van der Waals surface area contributed by atoms with Crippen LogP contribution in [0, 0.1) is 0 Å². The molecule has 3 aromatic rings. The van der Waals surface area contributed by atoms with Crippen LogP contribution in [0.1, 0.15) is 11.3 Å². The Labute approximate surface area is 145 Å². The summed E-state index contributed by atoms with van der Waals surface area (Å²) in [4.78, 5) is 12.0. The van der Waals surface area contributed by atoms with Crippen LogP contribution in [-0.2, 0) is 17.8 Å². The van der Waals surface area contributed by atoms with Crippen molar-refractivity contribution in [3.05, 3.63) is 72.2 Å². The summed E-state index contributed by atoms with van der Waals surface area (Å²) in [6.07, 6.45) is 1.93. The maximum atomic E-state index is 12.0. The third kappa shape index (κ3) is 3.50. The van der Waals surface area contributed by atoms with Gasteiger partial charge in [0.15, 0.2) is 11.5 Å².